The predicted molar refractivity (Wildman–Crippen MR) is 75.9 cm³/mol. The van der Waals surface area contributed by atoms with Crippen LogP contribution in [0.5, 0.6) is 0 Å². The van der Waals surface area contributed by atoms with Crippen LogP contribution in [0.25, 0.3) is 0 Å². The van der Waals surface area contributed by atoms with E-state index in [4.69, 9.17) is 11.1 Å². The SMILES string of the molecule is CN(Cc1cccc(C(=N)N)c1F)C1CCS(=O)(=O)C1. The van der Waals surface area contributed by atoms with Gasteiger partial charge in [0.2, 0.25) is 0 Å². The summed E-state index contributed by atoms with van der Waals surface area (Å²) in [6.07, 6.45) is 0.576. The van der Waals surface area contributed by atoms with E-state index in [0.717, 1.165) is 0 Å². The summed E-state index contributed by atoms with van der Waals surface area (Å²) in [5.41, 5.74) is 5.82. The Labute approximate surface area is 118 Å². The zero-order valence-corrected chi connectivity index (χ0v) is 12.1. The van der Waals surface area contributed by atoms with E-state index < -0.39 is 15.7 Å². The number of rotatable bonds is 4. The van der Waals surface area contributed by atoms with E-state index in [1.807, 2.05) is 4.90 Å². The molecule has 1 fully saturated rings. The minimum atomic E-state index is -2.95. The van der Waals surface area contributed by atoms with Crippen LogP contribution in [0.15, 0.2) is 18.2 Å². The Morgan fingerprint density at radius 3 is 2.80 bits per heavy atom. The molecule has 5 nitrogen and oxygen atoms in total. The number of benzene rings is 1. The first-order valence-electron chi connectivity index (χ1n) is 6.32. The number of halogens is 1. The molecular weight excluding hydrogens is 281 g/mol. The molecule has 0 bridgehead atoms. The van der Waals surface area contributed by atoms with Gasteiger partial charge in [-0.1, -0.05) is 12.1 Å². The van der Waals surface area contributed by atoms with E-state index in [9.17, 15) is 12.8 Å². The zero-order valence-electron chi connectivity index (χ0n) is 11.3. The average Bonchev–Trinajstić information content (AvgIpc) is 2.72. The second-order valence-electron chi connectivity index (χ2n) is 5.16. The molecule has 7 heteroatoms. The number of nitrogen functional groups attached to an aromatic ring is 1. The molecule has 1 heterocycles. The van der Waals surface area contributed by atoms with Gasteiger partial charge >= 0.3 is 0 Å². The van der Waals surface area contributed by atoms with E-state index >= 15 is 0 Å². The van der Waals surface area contributed by atoms with Crippen molar-refractivity contribution in [3.63, 3.8) is 0 Å². The highest BCUT2D eigenvalue weighted by Crippen LogP contribution is 2.20. The van der Waals surface area contributed by atoms with Crippen molar-refractivity contribution in [1.29, 1.82) is 5.41 Å². The molecule has 1 aromatic rings. The van der Waals surface area contributed by atoms with Gasteiger partial charge in [0.25, 0.3) is 0 Å². The maximum absolute atomic E-state index is 14.2. The molecule has 3 N–H and O–H groups in total. The Bertz CT molecular complexity index is 631. The Balaban J connectivity index is 2.14. The van der Waals surface area contributed by atoms with E-state index in [2.05, 4.69) is 0 Å². The summed E-state index contributed by atoms with van der Waals surface area (Å²) in [5, 5.41) is 7.32. The number of hydrogen-bond acceptors (Lipinski definition) is 4. The molecule has 20 heavy (non-hydrogen) atoms. The lowest BCUT2D eigenvalue weighted by molar-refractivity contribution is 0.250. The van der Waals surface area contributed by atoms with Crippen molar-refractivity contribution < 1.29 is 12.8 Å². The molecule has 0 aromatic heterocycles. The minimum absolute atomic E-state index is 0.0787. The molecule has 1 aromatic carbocycles. The van der Waals surface area contributed by atoms with Gasteiger partial charge in [0, 0.05) is 18.2 Å². The van der Waals surface area contributed by atoms with Crippen molar-refractivity contribution >= 4 is 15.7 Å². The van der Waals surface area contributed by atoms with Crippen LogP contribution in [-0.4, -0.2) is 43.7 Å². The van der Waals surface area contributed by atoms with Gasteiger partial charge in [0.05, 0.1) is 17.1 Å². The van der Waals surface area contributed by atoms with E-state index in [1.54, 1.807) is 19.2 Å². The Kier molecular flexibility index (Phi) is 4.10. The first kappa shape index (κ1) is 14.9. The van der Waals surface area contributed by atoms with Gasteiger partial charge in [-0.15, -0.1) is 0 Å². The first-order chi connectivity index (χ1) is 9.30. The number of sulfone groups is 1. The summed E-state index contributed by atoms with van der Waals surface area (Å²) in [6.45, 7) is 0.299. The molecule has 2 rings (SSSR count). The van der Waals surface area contributed by atoms with Gasteiger partial charge in [-0.05, 0) is 19.5 Å². The lowest BCUT2D eigenvalue weighted by Gasteiger charge is -2.23. The maximum Gasteiger partial charge on any atom is 0.151 e. The van der Waals surface area contributed by atoms with Crippen LogP contribution in [-0.2, 0) is 16.4 Å². The van der Waals surface area contributed by atoms with Crippen molar-refractivity contribution in [3.8, 4) is 0 Å². The van der Waals surface area contributed by atoms with Crippen LogP contribution in [0.1, 0.15) is 17.5 Å². The Hall–Kier alpha value is -1.47. The highest BCUT2D eigenvalue weighted by molar-refractivity contribution is 7.91. The minimum Gasteiger partial charge on any atom is -0.384 e. The van der Waals surface area contributed by atoms with Gasteiger partial charge in [-0.2, -0.15) is 0 Å². The molecule has 0 saturated carbocycles. The molecule has 0 aliphatic carbocycles. The molecule has 1 atom stereocenters. The fourth-order valence-corrected chi connectivity index (χ4v) is 4.24. The van der Waals surface area contributed by atoms with Crippen LogP contribution in [0, 0.1) is 11.2 Å². The quantitative estimate of drug-likeness (QED) is 0.634. The third-order valence-electron chi connectivity index (χ3n) is 3.62. The van der Waals surface area contributed by atoms with Crippen LogP contribution in [0.4, 0.5) is 4.39 Å². The predicted octanol–water partition coefficient (Wildman–Crippen LogP) is 0.729. The first-order valence-corrected chi connectivity index (χ1v) is 8.15. The second-order valence-corrected chi connectivity index (χ2v) is 7.39. The summed E-state index contributed by atoms with van der Waals surface area (Å²) in [7, 11) is -1.17. The van der Waals surface area contributed by atoms with E-state index in [-0.39, 0.29) is 28.9 Å². The summed E-state index contributed by atoms with van der Waals surface area (Å²) in [4.78, 5) is 1.84. The molecule has 0 spiro atoms. The number of nitrogens with zero attached hydrogens (tertiary/aromatic N) is 1. The van der Waals surface area contributed by atoms with Crippen molar-refractivity contribution in [2.75, 3.05) is 18.6 Å². The molecule has 1 unspecified atom stereocenters. The molecule has 1 aliphatic rings. The maximum atomic E-state index is 14.2. The van der Waals surface area contributed by atoms with Gasteiger partial charge in [-0.25, -0.2) is 12.8 Å². The topological polar surface area (TPSA) is 87.2 Å². The second kappa shape index (κ2) is 5.49. The number of nitrogens with one attached hydrogen (secondary N) is 1. The average molecular weight is 299 g/mol. The standard InChI is InChI=1S/C13H18FN3O2S/c1-17(10-5-6-20(18,19)8-10)7-9-3-2-4-11(12(9)14)13(15)16/h2-4,10H,5-8H2,1H3,(H3,15,16). The van der Waals surface area contributed by atoms with Crippen molar-refractivity contribution in [2.24, 2.45) is 5.73 Å². The smallest absolute Gasteiger partial charge is 0.151 e. The van der Waals surface area contributed by atoms with Crippen LogP contribution in [0.2, 0.25) is 0 Å². The zero-order chi connectivity index (χ0) is 14.9. The summed E-state index contributed by atoms with van der Waals surface area (Å²) >= 11 is 0. The highest BCUT2D eigenvalue weighted by Gasteiger charge is 2.30. The normalized spacial score (nSPS) is 21.2. The Morgan fingerprint density at radius 2 is 2.25 bits per heavy atom. The number of amidine groups is 1. The van der Waals surface area contributed by atoms with Crippen molar-refractivity contribution in [2.45, 2.75) is 19.0 Å². The van der Waals surface area contributed by atoms with Gasteiger partial charge in [0.15, 0.2) is 9.84 Å². The van der Waals surface area contributed by atoms with E-state index in [1.165, 1.54) is 6.07 Å². The molecule has 0 amide bonds. The number of hydrogen-bond donors (Lipinski definition) is 2. The lowest BCUT2D eigenvalue weighted by atomic mass is 10.1. The fourth-order valence-electron chi connectivity index (χ4n) is 2.43. The molecule has 1 aliphatic heterocycles. The third-order valence-corrected chi connectivity index (χ3v) is 5.37. The van der Waals surface area contributed by atoms with Gasteiger partial charge < -0.3 is 5.73 Å². The fraction of sp³-hybridized carbons (Fsp3) is 0.462. The summed E-state index contributed by atoms with van der Waals surface area (Å²) in [5.74, 6) is -0.502. The van der Waals surface area contributed by atoms with Crippen molar-refractivity contribution in [3.05, 3.63) is 35.1 Å². The summed E-state index contributed by atoms with van der Waals surface area (Å²) in [6, 6.07) is 4.65. The monoisotopic (exact) mass is 299 g/mol. The van der Waals surface area contributed by atoms with Gasteiger partial charge in [-0.3, -0.25) is 10.3 Å². The highest BCUT2D eigenvalue weighted by atomic mass is 32.2. The molecular formula is C13H18FN3O2S. The van der Waals surface area contributed by atoms with Crippen LogP contribution in [0.3, 0.4) is 0 Å². The molecule has 0 radical (unpaired) electrons. The Morgan fingerprint density at radius 1 is 1.55 bits per heavy atom. The third kappa shape index (κ3) is 3.16. The number of nitrogens with two attached hydrogens (primary N) is 1. The van der Waals surface area contributed by atoms with E-state index in [0.29, 0.717) is 18.5 Å². The van der Waals surface area contributed by atoms with Gasteiger partial charge in [0.1, 0.15) is 11.7 Å². The molecule has 1 saturated heterocycles. The molecule has 110 valence electrons. The lowest BCUT2D eigenvalue weighted by Crippen LogP contribution is -2.32. The largest absolute Gasteiger partial charge is 0.384 e. The summed E-state index contributed by atoms with van der Waals surface area (Å²) < 4.78 is 37.1. The van der Waals surface area contributed by atoms with Crippen molar-refractivity contribution in [1.82, 2.24) is 4.90 Å². The van der Waals surface area contributed by atoms with Crippen LogP contribution >= 0.6 is 0 Å². The van der Waals surface area contributed by atoms with Crippen LogP contribution < -0.4 is 5.73 Å².